The molecule has 0 spiro atoms. The molecule has 1 aromatic heterocycles. The topological polar surface area (TPSA) is 96.6 Å². The van der Waals surface area contributed by atoms with Crippen molar-refractivity contribution in [3.8, 4) is 0 Å². The van der Waals surface area contributed by atoms with Crippen LogP contribution in [0, 0.1) is 5.92 Å². The molecule has 1 atom stereocenters. The highest BCUT2D eigenvalue weighted by Gasteiger charge is 2.30. The molecule has 96 valence electrons. The Balaban J connectivity index is 2.01. The van der Waals surface area contributed by atoms with E-state index in [0.717, 1.165) is 25.2 Å². The van der Waals surface area contributed by atoms with Crippen LogP contribution in [-0.4, -0.2) is 23.0 Å². The van der Waals surface area contributed by atoms with E-state index in [-0.39, 0.29) is 5.56 Å². The van der Waals surface area contributed by atoms with Gasteiger partial charge in [-0.3, -0.25) is 4.79 Å². The summed E-state index contributed by atoms with van der Waals surface area (Å²) in [6.45, 7) is 0. The summed E-state index contributed by atoms with van der Waals surface area (Å²) in [5, 5.41) is 11.4. The SMILES string of the molecule is O=C(N[C@@H](CC1CC1)C(=O)O)c1ccc(=O)oc1. The van der Waals surface area contributed by atoms with Crippen LogP contribution in [0.4, 0.5) is 0 Å². The van der Waals surface area contributed by atoms with Crippen LogP contribution in [0.25, 0.3) is 0 Å². The molecule has 1 amide bonds. The van der Waals surface area contributed by atoms with Crippen molar-refractivity contribution in [1.82, 2.24) is 5.32 Å². The monoisotopic (exact) mass is 251 g/mol. The fraction of sp³-hybridized carbons (Fsp3) is 0.417. The molecule has 6 heteroatoms. The number of carboxylic acids is 1. The van der Waals surface area contributed by atoms with Gasteiger partial charge in [-0.1, -0.05) is 12.8 Å². The van der Waals surface area contributed by atoms with E-state index in [2.05, 4.69) is 9.73 Å². The zero-order chi connectivity index (χ0) is 13.1. The van der Waals surface area contributed by atoms with Crippen molar-refractivity contribution in [2.24, 2.45) is 5.92 Å². The number of rotatable bonds is 5. The molecule has 1 saturated carbocycles. The maximum Gasteiger partial charge on any atom is 0.335 e. The highest BCUT2D eigenvalue weighted by Crippen LogP contribution is 2.33. The lowest BCUT2D eigenvalue weighted by Crippen LogP contribution is -2.41. The number of hydrogen-bond donors (Lipinski definition) is 2. The summed E-state index contributed by atoms with van der Waals surface area (Å²) in [5.74, 6) is -1.21. The lowest BCUT2D eigenvalue weighted by molar-refractivity contribution is -0.139. The first-order valence-electron chi connectivity index (χ1n) is 5.69. The maximum atomic E-state index is 11.7. The van der Waals surface area contributed by atoms with Crippen LogP contribution in [0.2, 0.25) is 0 Å². The van der Waals surface area contributed by atoms with Gasteiger partial charge in [0, 0.05) is 6.07 Å². The van der Waals surface area contributed by atoms with Gasteiger partial charge in [0.15, 0.2) is 0 Å². The second-order valence-corrected chi connectivity index (χ2v) is 4.39. The first-order chi connectivity index (χ1) is 8.56. The zero-order valence-electron chi connectivity index (χ0n) is 9.59. The quantitative estimate of drug-likeness (QED) is 0.799. The fourth-order valence-electron chi connectivity index (χ4n) is 1.64. The Hall–Kier alpha value is -2.11. The van der Waals surface area contributed by atoms with E-state index in [9.17, 15) is 14.4 Å². The van der Waals surface area contributed by atoms with E-state index in [1.54, 1.807) is 0 Å². The largest absolute Gasteiger partial charge is 0.480 e. The van der Waals surface area contributed by atoms with Gasteiger partial charge in [-0.15, -0.1) is 0 Å². The number of nitrogens with one attached hydrogen (secondary N) is 1. The van der Waals surface area contributed by atoms with Gasteiger partial charge in [0.05, 0.1) is 5.56 Å². The average Bonchev–Trinajstić information content (AvgIpc) is 3.12. The van der Waals surface area contributed by atoms with Gasteiger partial charge in [0.25, 0.3) is 5.91 Å². The van der Waals surface area contributed by atoms with Gasteiger partial charge in [0.2, 0.25) is 0 Å². The van der Waals surface area contributed by atoms with Gasteiger partial charge in [-0.25, -0.2) is 9.59 Å². The zero-order valence-corrected chi connectivity index (χ0v) is 9.59. The molecule has 1 aliphatic carbocycles. The van der Waals surface area contributed by atoms with E-state index >= 15 is 0 Å². The van der Waals surface area contributed by atoms with Crippen LogP contribution in [0.3, 0.4) is 0 Å². The van der Waals surface area contributed by atoms with Gasteiger partial charge < -0.3 is 14.8 Å². The molecule has 2 N–H and O–H groups in total. The van der Waals surface area contributed by atoms with Crippen molar-refractivity contribution < 1.29 is 19.1 Å². The molecule has 6 nitrogen and oxygen atoms in total. The highest BCUT2D eigenvalue weighted by molar-refractivity contribution is 5.96. The van der Waals surface area contributed by atoms with Crippen LogP contribution < -0.4 is 10.9 Å². The van der Waals surface area contributed by atoms with Gasteiger partial charge in [-0.2, -0.15) is 0 Å². The van der Waals surface area contributed by atoms with E-state index in [1.807, 2.05) is 0 Å². The van der Waals surface area contributed by atoms with Crippen LogP contribution in [0.15, 0.2) is 27.6 Å². The van der Waals surface area contributed by atoms with Crippen molar-refractivity contribution in [2.75, 3.05) is 0 Å². The van der Waals surface area contributed by atoms with Crippen molar-refractivity contribution in [3.05, 3.63) is 34.4 Å². The third-order valence-corrected chi connectivity index (χ3v) is 2.83. The first kappa shape index (κ1) is 12.3. The molecule has 0 unspecified atom stereocenters. The molecule has 1 aliphatic rings. The maximum absolute atomic E-state index is 11.7. The van der Waals surface area contributed by atoms with Gasteiger partial charge in [0.1, 0.15) is 12.3 Å². The fourth-order valence-corrected chi connectivity index (χ4v) is 1.64. The summed E-state index contributed by atoms with van der Waals surface area (Å²) >= 11 is 0. The molecule has 0 aliphatic heterocycles. The normalized spacial score (nSPS) is 16.0. The second kappa shape index (κ2) is 5.03. The van der Waals surface area contributed by atoms with Crippen LogP contribution in [0.1, 0.15) is 29.6 Å². The molecule has 0 bridgehead atoms. The molecule has 0 saturated heterocycles. The summed E-state index contributed by atoms with van der Waals surface area (Å²) in [6.07, 6.45) is 3.49. The number of carbonyl (C=O) groups excluding carboxylic acids is 1. The molecule has 0 radical (unpaired) electrons. The van der Waals surface area contributed by atoms with Crippen LogP contribution in [-0.2, 0) is 4.79 Å². The average molecular weight is 251 g/mol. The lowest BCUT2D eigenvalue weighted by atomic mass is 10.1. The van der Waals surface area contributed by atoms with Gasteiger partial charge >= 0.3 is 11.6 Å². The Kier molecular flexibility index (Phi) is 3.45. The van der Waals surface area contributed by atoms with E-state index in [4.69, 9.17) is 5.11 Å². The molecule has 1 fully saturated rings. The Morgan fingerprint density at radius 3 is 2.67 bits per heavy atom. The summed E-state index contributed by atoms with van der Waals surface area (Å²) in [7, 11) is 0. The number of hydrogen-bond acceptors (Lipinski definition) is 4. The van der Waals surface area contributed by atoms with Crippen molar-refractivity contribution >= 4 is 11.9 Å². The molecular weight excluding hydrogens is 238 g/mol. The number of carboxylic acid groups (broad SMARTS) is 1. The van der Waals surface area contributed by atoms with Gasteiger partial charge in [-0.05, 0) is 18.4 Å². The number of amides is 1. The van der Waals surface area contributed by atoms with E-state index < -0.39 is 23.5 Å². The van der Waals surface area contributed by atoms with E-state index in [0.29, 0.717) is 12.3 Å². The second-order valence-electron chi connectivity index (χ2n) is 4.39. The highest BCUT2D eigenvalue weighted by atomic mass is 16.4. The summed E-state index contributed by atoms with van der Waals surface area (Å²) in [5.41, 5.74) is -0.420. The molecule has 1 heterocycles. The lowest BCUT2D eigenvalue weighted by Gasteiger charge is -2.13. The minimum atomic E-state index is -1.05. The van der Waals surface area contributed by atoms with Crippen LogP contribution >= 0.6 is 0 Å². The van der Waals surface area contributed by atoms with Crippen molar-refractivity contribution in [3.63, 3.8) is 0 Å². The summed E-state index contributed by atoms with van der Waals surface area (Å²) in [6, 6.07) is 1.53. The molecule has 18 heavy (non-hydrogen) atoms. The number of aliphatic carboxylic acids is 1. The Morgan fingerprint density at radius 2 is 2.17 bits per heavy atom. The van der Waals surface area contributed by atoms with Crippen LogP contribution in [0.5, 0.6) is 0 Å². The Labute approximate surface area is 103 Å². The summed E-state index contributed by atoms with van der Waals surface area (Å²) < 4.78 is 4.55. The smallest absolute Gasteiger partial charge is 0.335 e. The molecule has 2 rings (SSSR count). The molecular formula is C12H13NO5. The minimum absolute atomic E-state index is 0.136. The number of carbonyl (C=O) groups is 2. The predicted octanol–water partition coefficient (Wildman–Crippen LogP) is 0.623. The standard InChI is InChI=1S/C12H13NO5/c14-10-4-3-8(6-18-10)11(15)13-9(12(16)17)5-7-1-2-7/h3-4,6-7,9H,1-2,5H2,(H,13,15)(H,16,17)/t9-/m0/s1. The third-order valence-electron chi connectivity index (χ3n) is 2.83. The molecule has 0 aromatic carbocycles. The molecule has 1 aromatic rings. The first-order valence-corrected chi connectivity index (χ1v) is 5.69. The summed E-state index contributed by atoms with van der Waals surface area (Å²) in [4.78, 5) is 33.5. The van der Waals surface area contributed by atoms with E-state index in [1.165, 1.54) is 6.07 Å². The predicted molar refractivity (Wildman–Crippen MR) is 61.2 cm³/mol. The Morgan fingerprint density at radius 1 is 1.44 bits per heavy atom. The minimum Gasteiger partial charge on any atom is -0.480 e. The van der Waals surface area contributed by atoms with Crippen molar-refractivity contribution in [1.29, 1.82) is 0 Å². The van der Waals surface area contributed by atoms with Crippen molar-refractivity contribution in [2.45, 2.75) is 25.3 Å². The third kappa shape index (κ3) is 3.19. The Bertz CT molecular complexity index is 497.